The lowest BCUT2D eigenvalue weighted by Gasteiger charge is -2.15. The van der Waals surface area contributed by atoms with E-state index < -0.39 is 10.5 Å². The van der Waals surface area contributed by atoms with Crippen molar-refractivity contribution in [3.63, 3.8) is 0 Å². The normalized spacial score (nSPS) is 16.1. The van der Waals surface area contributed by atoms with Crippen molar-refractivity contribution in [2.24, 2.45) is 0 Å². The highest BCUT2D eigenvalue weighted by atomic mass is 16.6. The Morgan fingerprint density at radius 2 is 2.28 bits per heavy atom. The molecule has 3 N–H and O–H groups in total. The molecular weight excluding hydrogens is 236 g/mol. The van der Waals surface area contributed by atoms with Crippen LogP contribution in [0, 0.1) is 10.1 Å². The Kier molecular flexibility index (Phi) is 3.33. The molecule has 1 aliphatic carbocycles. The topological polar surface area (TPSA) is 100 Å². The number of hydrogen-bond acceptors (Lipinski definition) is 6. The van der Waals surface area contributed by atoms with Crippen LogP contribution in [0.5, 0.6) is 0 Å². The van der Waals surface area contributed by atoms with Crippen LogP contribution in [0.2, 0.25) is 0 Å². The zero-order valence-corrected chi connectivity index (χ0v) is 10.1. The van der Waals surface area contributed by atoms with E-state index in [0.717, 1.165) is 12.8 Å². The molecule has 7 nitrogen and oxygen atoms in total. The van der Waals surface area contributed by atoms with E-state index in [2.05, 4.69) is 15.6 Å². The Morgan fingerprint density at radius 3 is 2.78 bits per heavy atom. The van der Waals surface area contributed by atoms with Crippen molar-refractivity contribution >= 4 is 17.3 Å². The maximum Gasteiger partial charge on any atom is 0.311 e. The van der Waals surface area contributed by atoms with Gasteiger partial charge in [-0.05, 0) is 25.8 Å². The summed E-state index contributed by atoms with van der Waals surface area (Å²) in [6.45, 7) is 2.57. The van der Waals surface area contributed by atoms with Gasteiger partial charge in [-0.3, -0.25) is 10.1 Å². The number of aromatic nitrogens is 1. The van der Waals surface area contributed by atoms with Crippen LogP contribution in [-0.2, 0) is 0 Å². The minimum Gasteiger partial charge on any atom is -0.394 e. The molecule has 0 saturated heterocycles. The zero-order chi connectivity index (χ0) is 13.2. The Balaban J connectivity index is 2.28. The molecule has 0 unspecified atom stereocenters. The predicted molar refractivity (Wildman–Crippen MR) is 67.7 cm³/mol. The summed E-state index contributed by atoms with van der Waals surface area (Å²) >= 11 is 0. The third-order valence-corrected chi connectivity index (χ3v) is 2.97. The lowest BCUT2D eigenvalue weighted by atomic mass is 10.2. The van der Waals surface area contributed by atoms with Crippen molar-refractivity contribution < 1.29 is 10.0 Å². The fourth-order valence-corrected chi connectivity index (χ4v) is 1.70. The molecular formula is C11H16N4O3. The fourth-order valence-electron chi connectivity index (χ4n) is 1.70. The van der Waals surface area contributed by atoms with Gasteiger partial charge in [0.05, 0.1) is 17.1 Å². The molecule has 1 fully saturated rings. The van der Waals surface area contributed by atoms with Crippen LogP contribution in [0.3, 0.4) is 0 Å². The third-order valence-electron chi connectivity index (χ3n) is 2.97. The molecule has 0 radical (unpaired) electrons. The summed E-state index contributed by atoms with van der Waals surface area (Å²) in [6, 6.07) is 2.99. The Bertz CT molecular complexity index is 460. The van der Waals surface area contributed by atoms with E-state index >= 15 is 0 Å². The van der Waals surface area contributed by atoms with E-state index in [4.69, 9.17) is 0 Å². The lowest BCUT2D eigenvalue weighted by Crippen LogP contribution is -2.26. The first-order valence-electron chi connectivity index (χ1n) is 5.88. The fraction of sp³-hybridized carbons (Fsp3) is 0.545. The molecule has 98 valence electrons. The van der Waals surface area contributed by atoms with E-state index in [1.165, 1.54) is 6.07 Å². The van der Waals surface area contributed by atoms with Crippen molar-refractivity contribution in [1.82, 2.24) is 4.98 Å². The third kappa shape index (κ3) is 2.51. The molecule has 0 spiro atoms. The number of nitro groups is 1. The van der Waals surface area contributed by atoms with Gasteiger partial charge in [0.25, 0.3) is 0 Å². The summed E-state index contributed by atoms with van der Waals surface area (Å²) in [7, 11) is 0. The Labute approximate surface area is 104 Å². The number of anilines is 2. The van der Waals surface area contributed by atoms with E-state index in [1.807, 2.05) is 6.92 Å². The molecule has 1 aromatic rings. The van der Waals surface area contributed by atoms with Crippen LogP contribution in [0.1, 0.15) is 19.8 Å². The number of aliphatic hydroxyl groups excluding tert-OH is 1. The van der Waals surface area contributed by atoms with Crippen molar-refractivity contribution in [3.05, 3.63) is 22.2 Å². The van der Waals surface area contributed by atoms with Gasteiger partial charge in [0, 0.05) is 12.6 Å². The smallest absolute Gasteiger partial charge is 0.311 e. The molecule has 0 atom stereocenters. The van der Waals surface area contributed by atoms with Gasteiger partial charge in [0.15, 0.2) is 0 Å². The highest BCUT2D eigenvalue weighted by Gasteiger charge is 2.43. The van der Waals surface area contributed by atoms with Gasteiger partial charge < -0.3 is 15.7 Å². The van der Waals surface area contributed by atoms with Crippen molar-refractivity contribution in [2.75, 3.05) is 23.8 Å². The van der Waals surface area contributed by atoms with Crippen molar-refractivity contribution in [3.8, 4) is 0 Å². The maximum absolute atomic E-state index is 10.9. The molecule has 1 aromatic heterocycles. The van der Waals surface area contributed by atoms with Crippen LogP contribution in [0.25, 0.3) is 0 Å². The average Bonchev–Trinajstić information content (AvgIpc) is 3.10. The van der Waals surface area contributed by atoms with Gasteiger partial charge in [-0.15, -0.1) is 0 Å². The number of pyridine rings is 1. The van der Waals surface area contributed by atoms with Crippen LogP contribution in [0.4, 0.5) is 17.3 Å². The minimum absolute atomic E-state index is 0.0444. The number of hydrogen-bond donors (Lipinski definition) is 3. The zero-order valence-electron chi connectivity index (χ0n) is 10.1. The Hall–Kier alpha value is -1.89. The second-order valence-electron chi connectivity index (χ2n) is 4.42. The summed E-state index contributed by atoms with van der Waals surface area (Å²) in [4.78, 5) is 14.6. The van der Waals surface area contributed by atoms with Gasteiger partial charge in [-0.2, -0.15) is 0 Å². The van der Waals surface area contributed by atoms with Gasteiger partial charge in [0.2, 0.25) is 5.82 Å². The van der Waals surface area contributed by atoms with Crippen molar-refractivity contribution in [1.29, 1.82) is 0 Å². The molecule has 18 heavy (non-hydrogen) atoms. The van der Waals surface area contributed by atoms with E-state index in [1.54, 1.807) is 6.07 Å². The predicted octanol–water partition coefficient (Wildman–Crippen LogP) is 1.36. The SMILES string of the molecule is CCNc1ccc([N+](=O)[O-])c(NC2(CO)CC2)n1. The Morgan fingerprint density at radius 1 is 1.56 bits per heavy atom. The molecule has 1 aliphatic rings. The number of rotatable bonds is 6. The highest BCUT2D eigenvalue weighted by Crippen LogP contribution is 2.40. The summed E-state index contributed by atoms with van der Waals surface area (Å²) in [6.07, 6.45) is 1.60. The van der Waals surface area contributed by atoms with E-state index in [9.17, 15) is 15.2 Å². The highest BCUT2D eigenvalue weighted by molar-refractivity contribution is 5.62. The molecule has 0 aliphatic heterocycles. The maximum atomic E-state index is 10.9. The molecule has 1 saturated carbocycles. The van der Waals surface area contributed by atoms with Crippen LogP contribution in [-0.4, -0.2) is 33.7 Å². The monoisotopic (exact) mass is 252 g/mol. The number of aliphatic hydroxyl groups is 1. The standard InChI is InChI=1S/C11H16N4O3/c1-2-12-9-4-3-8(15(17)18)10(13-9)14-11(7-16)5-6-11/h3-4,16H,2,5-7H2,1H3,(H2,12,13,14). The quantitative estimate of drug-likeness (QED) is 0.522. The van der Waals surface area contributed by atoms with E-state index in [0.29, 0.717) is 12.4 Å². The molecule has 2 rings (SSSR count). The van der Waals surface area contributed by atoms with Crippen LogP contribution in [0.15, 0.2) is 12.1 Å². The molecule has 7 heteroatoms. The van der Waals surface area contributed by atoms with Crippen LogP contribution >= 0.6 is 0 Å². The summed E-state index contributed by atoms with van der Waals surface area (Å²) < 4.78 is 0. The molecule has 0 bridgehead atoms. The number of nitrogens with zero attached hydrogens (tertiary/aromatic N) is 2. The van der Waals surface area contributed by atoms with E-state index in [-0.39, 0.29) is 18.1 Å². The molecule has 0 aromatic carbocycles. The first-order chi connectivity index (χ1) is 8.60. The second-order valence-corrected chi connectivity index (χ2v) is 4.42. The van der Waals surface area contributed by atoms with Crippen molar-refractivity contribution in [2.45, 2.75) is 25.3 Å². The van der Waals surface area contributed by atoms with Crippen LogP contribution < -0.4 is 10.6 Å². The largest absolute Gasteiger partial charge is 0.394 e. The van der Waals surface area contributed by atoms with Gasteiger partial charge >= 0.3 is 5.69 Å². The summed E-state index contributed by atoms with van der Waals surface area (Å²) in [5.74, 6) is 0.796. The first-order valence-corrected chi connectivity index (χ1v) is 5.88. The molecule has 1 heterocycles. The number of nitrogens with one attached hydrogen (secondary N) is 2. The first kappa shape index (κ1) is 12.6. The van der Waals surface area contributed by atoms with Gasteiger partial charge in [-0.25, -0.2) is 4.98 Å². The van der Waals surface area contributed by atoms with Gasteiger partial charge in [-0.1, -0.05) is 0 Å². The summed E-state index contributed by atoms with van der Waals surface area (Å²) in [5.41, 5.74) is -0.501. The average molecular weight is 252 g/mol. The van der Waals surface area contributed by atoms with Gasteiger partial charge in [0.1, 0.15) is 5.82 Å². The lowest BCUT2D eigenvalue weighted by molar-refractivity contribution is -0.384. The second kappa shape index (κ2) is 4.77. The summed E-state index contributed by atoms with van der Waals surface area (Å²) in [5, 5.41) is 26.2. The minimum atomic E-state index is -0.474. The molecule has 0 amide bonds.